The standard InChI is InChI=1S/C20H33NO4/c1-7-12-24-20(4,5)18(15(3)25-19(22)14(2)21)13-16-8-10-17(23-6)11-9-16/h8-11,14-15,18H,7,12-13,21H2,1-6H3/t14-,15-,18-/m0/s1. The first-order valence-electron chi connectivity index (χ1n) is 8.94. The summed E-state index contributed by atoms with van der Waals surface area (Å²) >= 11 is 0. The summed E-state index contributed by atoms with van der Waals surface area (Å²) in [7, 11) is 1.65. The molecular weight excluding hydrogens is 318 g/mol. The van der Waals surface area contributed by atoms with E-state index in [4.69, 9.17) is 19.9 Å². The van der Waals surface area contributed by atoms with Crippen LogP contribution in [0.2, 0.25) is 0 Å². The van der Waals surface area contributed by atoms with Crippen LogP contribution in [0.15, 0.2) is 24.3 Å². The fourth-order valence-corrected chi connectivity index (χ4v) is 2.84. The predicted octanol–water partition coefficient (Wildman–Crippen LogP) is 3.34. The maximum atomic E-state index is 11.9. The van der Waals surface area contributed by atoms with Gasteiger partial charge in [0.25, 0.3) is 0 Å². The van der Waals surface area contributed by atoms with Crippen molar-refractivity contribution in [3.8, 4) is 5.75 Å². The van der Waals surface area contributed by atoms with Gasteiger partial charge in [0.2, 0.25) is 0 Å². The quantitative estimate of drug-likeness (QED) is 0.655. The number of carbonyl (C=O) groups is 1. The van der Waals surface area contributed by atoms with Crippen molar-refractivity contribution in [3.05, 3.63) is 29.8 Å². The number of methoxy groups -OCH3 is 1. The van der Waals surface area contributed by atoms with E-state index in [1.807, 2.05) is 45.0 Å². The first-order chi connectivity index (χ1) is 11.7. The van der Waals surface area contributed by atoms with Crippen LogP contribution in [0, 0.1) is 5.92 Å². The lowest BCUT2D eigenvalue weighted by atomic mass is 9.81. The smallest absolute Gasteiger partial charge is 0.322 e. The van der Waals surface area contributed by atoms with Crippen LogP contribution in [0.5, 0.6) is 5.75 Å². The maximum absolute atomic E-state index is 11.9. The van der Waals surface area contributed by atoms with Gasteiger partial charge in [-0.3, -0.25) is 4.79 Å². The Morgan fingerprint density at radius 1 is 1.20 bits per heavy atom. The number of rotatable bonds is 10. The van der Waals surface area contributed by atoms with Crippen LogP contribution in [-0.4, -0.2) is 37.4 Å². The summed E-state index contributed by atoms with van der Waals surface area (Å²) in [5.74, 6) is 0.423. The van der Waals surface area contributed by atoms with Gasteiger partial charge < -0.3 is 19.9 Å². The molecule has 1 aromatic rings. The molecule has 0 amide bonds. The minimum Gasteiger partial charge on any atom is -0.497 e. The Labute approximate surface area is 151 Å². The Morgan fingerprint density at radius 2 is 1.80 bits per heavy atom. The van der Waals surface area contributed by atoms with Crippen LogP contribution >= 0.6 is 0 Å². The lowest BCUT2D eigenvalue weighted by Crippen LogP contribution is -2.45. The lowest BCUT2D eigenvalue weighted by molar-refractivity contribution is -0.160. The van der Waals surface area contributed by atoms with Gasteiger partial charge in [0.05, 0.1) is 12.7 Å². The topological polar surface area (TPSA) is 70.8 Å². The number of hydrogen-bond donors (Lipinski definition) is 1. The highest BCUT2D eigenvalue weighted by Crippen LogP contribution is 2.30. The monoisotopic (exact) mass is 351 g/mol. The molecule has 0 saturated heterocycles. The number of esters is 1. The van der Waals surface area contributed by atoms with Crippen LogP contribution in [0.25, 0.3) is 0 Å². The summed E-state index contributed by atoms with van der Waals surface area (Å²) in [5.41, 5.74) is 6.34. The van der Waals surface area contributed by atoms with Crippen LogP contribution in [0.3, 0.4) is 0 Å². The highest BCUT2D eigenvalue weighted by atomic mass is 16.5. The van der Waals surface area contributed by atoms with Gasteiger partial charge >= 0.3 is 5.97 Å². The number of benzene rings is 1. The Bertz CT molecular complexity index is 525. The van der Waals surface area contributed by atoms with E-state index in [0.29, 0.717) is 6.61 Å². The Balaban J connectivity index is 2.98. The number of carbonyl (C=O) groups excluding carboxylic acids is 1. The zero-order valence-corrected chi connectivity index (χ0v) is 16.4. The molecule has 1 rings (SSSR count). The third-order valence-corrected chi connectivity index (χ3v) is 4.43. The highest BCUT2D eigenvalue weighted by Gasteiger charge is 2.36. The van der Waals surface area contributed by atoms with Gasteiger partial charge in [-0.2, -0.15) is 0 Å². The van der Waals surface area contributed by atoms with Crippen molar-refractivity contribution in [1.29, 1.82) is 0 Å². The molecule has 0 saturated carbocycles. The largest absolute Gasteiger partial charge is 0.497 e. The molecule has 142 valence electrons. The van der Waals surface area contributed by atoms with E-state index in [1.165, 1.54) is 0 Å². The van der Waals surface area contributed by atoms with Crippen LogP contribution in [0.4, 0.5) is 0 Å². The molecule has 3 atom stereocenters. The number of hydrogen-bond acceptors (Lipinski definition) is 5. The molecule has 2 N–H and O–H groups in total. The molecule has 0 fully saturated rings. The summed E-state index contributed by atoms with van der Waals surface area (Å²) < 4.78 is 16.9. The van der Waals surface area contributed by atoms with Gasteiger partial charge in [-0.25, -0.2) is 0 Å². The summed E-state index contributed by atoms with van der Waals surface area (Å²) in [4.78, 5) is 11.9. The molecular formula is C20H33NO4. The molecule has 0 spiro atoms. The Kier molecular flexibility index (Phi) is 8.39. The Morgan fingerprint density at radius 3 is 2.28 bits per heavy atom. The molecule has 5 nitrogen and oxygen atoms in total. The second-order valence-electron chi connectivity index (χ2n) is 7.04. The zero-order valence-electron chi connectivity index (χ0n) is 16.4. The van der Waals surface area contributed by atoms with E-state index in [9.17, 15) is 4.79 Å². The minimum atomic E-state index is -0.635. The first-order valence-corrected chi connectivity index (χ1v) is 8.94. The van der Waals surface area contributed by atoms with Crippen molar-refractivity contribution in [2.24, 2.45) is 11.7 Å². The van der Waals surface area contributed by atoms with Crippen molar-refractivity contribution in [2.75, 3.05) is 13.7 Å². The molecule has 5 heteroatoms. The molecule has 0 aromatic heterocycles. The molecule has 0 aliphatic carbocycles. The van der Waals surface area contributed by atoms with Crippen molar-refractivity contribution in [3.63, 3.8) is 0 Å². The molecule has 0 bridgehead atoms. The second kappa shape index (κ2) is 9.78. The van der Waals surface area contributed by atoms with Gasteiger partial charge in [0.15, 0.2) is 0 Å². The molecule has 25 heavy (non-hydrogen) atoms. The third kappa shape index (κ3) is 6.67. The Hall–Kier alpha value is -1.59. The summed E-state index contributed by atoms with van der Waals surface area (Å²) in [6.45, 7) is 10.4. The van der Waals surface area contributed by atoms with Crippen LogP contribution in [-0.2, 0) is 20.7 Å². The van der Waals surface area contributed by atoms with Crippen molar-refractivity contribution < 1.29 is 19.0 Å². The summed E-state index contributed by atoms with van der Waals surface area (Å²) in [6.07, 6.45) is 1.35. The van der Waals surface area contributed by atoms with Crippen molar-refractivity contribution in [1.82, 2.24) is 0 Å². The average molecular weight is 351 g/mol. The highest BCUT2D eigenvalue weighted by molar-refractivity contribution is 5.75. The van der Waals surface area contributed by atoms with Crippen LogP contribution in [0.1, 0.15) is 46.6 Å². The molecule has 0 heterocycles. The van der Waals surface area contributed by atoms with Crippen molar-refractivity contribution >= 4 is 5.97 Å². The van der Waals surface area contributed by atoms with E-state index in [0.717, 1.165) is 24.2 Å². The average Bonchev–Trinajstić information content (AvgIpc) is 2.57. The van der Waals surface area contributed by atoms with Gasteiger partial charge in [0.1, 0.15) is 17.9 Å². The van der Waals surface area contributed by atoms with E-state index >= 15 is 0 Å². The fourth-order valence-electron chi connectivity index (χ4n) is 2.84. The molecule has 0 aliphatic rings. The molecule has 0 aliphatic heterocycles. The van der Waals surface area contributed by atoms with Gasteiger partial charge in [0, 0.05) is 12.5 Å². The number of nitrogens with two attached hydrogens (primary N) is 1. The van der Waals surface area contributed by atoms with E-state index in [-0.39, 0.29) is 12.0 Å². The van der Waals surface area contributed by atoms with E-state index in [1.54, 1.807) is 14.0 Å². The SMILES string of the molecule is CCCOC(C)(C)[C@@H](Cc1ccc(OC)cc1)[C@H](C)OC(=O)[C@H](C)N. The predicted molar refractivity (Wildman–Crippen MR) is 99.7 cm³/mol. The molecule has 1 aromatic carbocycles. The van der Waals surface area contributed by atoms with Crippen molar-refractivity contribution in [2.45, 2.75) is 65.2 Å². The van der Waals surface area contributed by atoms with E-state index in [2.05, 4.69) is 6.92 Å². The molecule has 0 unspecified atom stereocenters. The van der Waals surface area contributed by atoms with Gasteiger partial charge in [-0.15, -0.1) is 0 Å². The lowest BCUT2D eigenvalue weighted by Gasteiger charge is -2.38. The summed E-state index contributed by atoms with van der Waals surface area (Å²) in [6, 6.07) is 7.29. The van der Waals surface area contributed by atoms with Gasteiger partial charge in [-0.1, -0.05) is 19.1 Å². The second-order valence-corrected chi connectivity index (χ2v) is 7.04. The first kappa shape index (κ1) is 21.5. The van der Waals surface area contributed by atoms with E-state index < -0.39 is 17.6 Å². The molecule has 0 radical (unpaired) electrons. The third-order valence-electron chi connectivity index (χ3n) is 4.43. The van der Waals surface area contributed by atoms with Gasteiger partial charge in [-0.05, 0) is 58.2 Å². The minimum absolute atomic E-state index is 0.00450. The normalized spacial score (nSPS) is 15.3. The fraction of sp³-hybridized carbons (Fsp3) is 0.650. The number of ether oxygens (including phenoxy) is 3. The summed E-state index contributed by atoms with van der Waals surface area (Å²) in [5, 5.41) is 0. The van der Waals surface area contributed by atoms with Crippen LogP contribution < -0.4 is 10.5 Å². The maximum Gasteiger partial charge on any atom is 0.322 e. The zero-order chi connectivity index (χ0) is 19.0.